The number of halogens is 2. The number of anilines is 1. The fourth-order valence-electron chi connectivity index (χ4n) is 2.53. The van der Waals surface area contributed by atoms with E-state index in [4.69, 9.17) is 4.74 Å². The van der Waals surface area contributed by atoms with Gasteiger partial charge in [-0.3, -0.25) is 14.9 Å². The number of nitrogens with one attached hydrogen (secondary N) is 1. The van der Waals surface area contributed by atoms with Crippen molar-refractivity contribution in [3.05, 3.63) is 71.1 Å². The summed E-state index contributed by atoms with van der Waals surface area (Å²) in [6.07, 6.45) is -0.300. The molecule has 8 heteroatoms. The molecule has 0 aliphatic rings. The van der Waals surface area contributed by atoms with Crippen molar-refractivity contribution in [2.45, 2.75) is 25.9 Å². The molecule has 1 aromatic heterocycles. The van der Waals surface area contributed by atoms with E-state index in [-0.39, 0.29) is 11.6 Å². The number of aryl methyl sites for hydroxylation is 1. The Hall–Kier alpha value is -3.13. The lowest BCUT2D eigenvalue weighted by Crippen LogP contribution is -2.30. The molecule has 1 heterocycles. The summed E-state index contributed by atoms with van der Waals surface area (Å²) in [6.45, 7) is 1.47. The second-order valence-electron chi connectivity index (χ2n) is 6.27. The molecule has 0 aliphatic carbocycles. The summed E-state index contributed by atoms with van der Waals surface area (Å²) < 4.78 is 31.6. The zero-order valence-corrected chi connectivity index (χ0v) is 16.3. The first-order chi connectivity index (χ1) is 13.9. The third-order valence-electron chi connectivity index (χ3n) is 4.09. The lowest BCUT2D eigenvalue weighted by atomic mass is 10.1. The fraction of sp³-hybridized carbons (Fsp3) is 0.190. The van der Waals surface area contributed by atoms with Crippen molar-refractivity contribution in [2.24, 2.45) is 0 Å². The largest absolute Gasteiger partial charge is 0.453 e. The summed E-state index contributed by atoms with van der Waals surface area (Å²) in [4.78, 5) is 28.4. The number of carbonyl (C=O) groups is 2. The summed E-state index contributed by atoms with van der Waals surface area (Å²) >= 11 is 1.13. The highest BCUT2D eigenvalue weighted by Gasteiger charge is 2.19. The second kappa shape index (κ2) is 9.38. The molecule has 0 radical (unpaired) electrons. The van der Waals surface area contributed by atoms with Gasteiger partial charge in [0, 0.05) is 17.4 Å². The Bertz CT molecular complexity index is 1010. The molecule has 150 valence electrons. The minimum absolute atomic E-state index is 0.166. The van der Waals surface area contributed by atoms with Gasteiger partial charge in [-0.15, -0.1) is 11.3 Å². The van der Waals surface area contributed by atoms with Gasteiger partial charge in [-0.25, -0.2) is 13.8 Å². The minimum Gasteiger partial charge on any atom is -0.453 e. The molecule has 0 fully saturated rings. The third-order valence-corrected chi connectivity index (χ3v) is 4.85. The van der Waals surface area contributed by atoms with Crippen LogP contribution >= 0.6 is 11.3 Å². The van der Waals surface area contributed by atoms with E-state index in [0.29, 0.717) is 17.7 Å². The topological polar surface area (TPSA) is 68.3 Å². The normalized spacial score (nSPS) is 11.7. The molecule has 5 nitrogen and oxygen atoms in total. The average molecular weight is 416 g/mol. The Kier molecular flexibility index (Phi) is 6.66. The molecule has 3 aromatic rings. The summed E-state index contributed by atoms with van der Waals surface area (Å²) in [7, 11) is 0. The van der Waals surface area contributed by atoms with E-state index in [0.717, 1.165) is 29.0 Å². The predicted octanol–water partition coefficient (Wildman–Crippen LogP) is 4.59. The first-order valence-electron chi connectivity index (χ1n) is 8.87. The van der Waals surface area contributed by atoms with Gasteiger partial charge in [0.05, 0.1) is 5.69 Å². The van der Waals surface area contributed by atoms with Crippen LogP contribution in [0.4, 0.5) is 13.9 Å². The maximum Gasteiger partial charge on any atom is 0.306 e. The maximum absolute atomic E-state index is 13.4. The number of amides is 1. The predicted molar refractivity (Wildman–Crippen MR) is 106 cm³/mol. The molecule has 1 amide bonds. The molecule has 0 spiro atoms. The van der Waals surface area contributed by atoms with Gasteiger partial charge >= 0.3 is 5.97 Å². The number of aromatic nitrogens is 1. The monoisotopic (exact) mass is 416 g/mol. The molecule has 0 unspecified atom stereocenters. The number of thiazole rings is 1. The second-order valence-corrected chi connectivity index (χ2v) is 7.13. The van der Waals surface area contributed by atoms with Crippen LogP contribution in [0.5, 0.6) is 0 Å². The minimum atomic E-state index is -0.992. The van der Waals surface area contributed by atoms with Gasteiger partial charge in [-0.2, -0.15) is 0 Å². The molecule has 29 heavy (non-hydrogen) atoms. The van der Waals surface area contributed by atoms with E-state index < -0.39 is 29.6 Å². The van der Waals surface area contributed by atoms with Crippen LogP contribution in [0.15, 0.2) is 53.9 Å². The molecule has 0 aliphatic heterocycles. The van der Waals surface area contributed by atoms with Crippen LogP contribution in [0.3, 0.4) is 0 Å². The Balaban J connectivity index is 1.52. The highest BCUT2D eigenvalue weighted by molar-refractivity contribution is 7.14. The smallest absolute Gasteiger partial charge is 0.306 e. The van der Waals surface area contributed by atoms with Crippen LogP contribution in [-0.2, 0) is 20.7 Å². The summed E-state index contributed by atoms with van der Waals surface area (Å²) in [5.74, 6) is -2.92. The molecular weight excluding hydrogens is 398 g/mol. The van der Waals surface area contributed by atoms with Crippen molar-refractivity contribution in [2.75, 3.05) is 5.32 Å². The Morgan fingerprint density at radius 2 is 1.90 bits per heavy atom. The van der Waals surface area contributed by atoms with Crippen LogP contribution in [0, 0.1) is 11.6 Å². The van der Waals surface area contributed by atoms with Gasteiger partial charge in [0.15, 0.2) is 22.9 Å². The van der Waals surface area contributed by atoms with E-state index in [2.05, 4.69) is 10.3 Å². The lowest BCUT2D eigenvalue weighted by molar-refractivity contribution is -0.153. The SMILES string of the molecule is C[C@H](OC(=O)CCc1ccccc1)C(=O)Nc1nc(-c2ccc(F)c(F)c2)cs1. The highest BCUT2D eigenvalue weighted by atomic mass is 32.1. The van der Waals surface area contributed by atoms with Gasteiger partial charge in [0.2, 0.25) is 0 Å². The van der Waals surface area contributed by atoms with Crippen molar-refractivity contribution < 1.29 is 23.1 Å². The average Bonchev–Trinajstić information content (AvgIpc) is 3.17. The maximum atomic E-state index is 13.4. The summed E-state index contributed by atoms with van der Waals surface area (Å²) in [6, 6.07) is 12.9. The van der Waals surface area contributed by atoms with Crippen LogP contribution in [0.25, 0.3) is 11.3 Å². The molecule has 1 atom stereocenters. The van der Waals surface area contributed by atoms with E-state index in [1.54, 1.807) is 5.38 Å². The number of benzene rings is 2. The Morgan fingerprint density at radius 1 is 1.14 bits per heavy atom. The molecule has 0 bridgehead atoms. The Labute approximate surface area is 170 Å². The zero-order chi connectivity index (χ0) is 20.8. The molecule has 3 rings (SSSR count). The van der Waals surface area contributed by atoms with Crippen LogP contribution in [-0.4, -0.2) is 23.0 Å². The van der Waals surface area contributed by atoms with Crippen molar-refractivity contribution >= 4 is 28.3 Å². The quantitative estimate of drug-likeness (QED) is 0.572. The van der Waals surface area contributed by atoms with Crippen LogP contribution in [0.1, 0.15) is 18.9 Å². The first kappa shape index (κ1) is 20.6. The van der Waals surface area contributed by atoms with Crippen LogP contribution < -0.4 is 5.32 Å². The van der Waals surface area contributed by atoms with Gasteiger partial charge in [0.1, 0.15) is 0 Å². The highest BCUT2D eigenvalue weighted by Crippen LogP contribution is 2.26. The fourth-order valence-corrected chi connectivity index (χ4v) is 3.25. The lowest BCUT2D eigenvalue weighted by Gasteiger charge is -2.12. The van der Waals surface area contributed by atoms with E-state index in [9.17, 15) is 18.4 Å². The number of hydrogen-bond acceptors (Lipinski definition) is 5. The van der Waals surface area contributed by atoms with E-state index in [1.165, 1.54) is 13.0 Å². The summed E-state index contributed by atoms with van der Waals surface area (Å²) in [5, 5.41) is 4.44. The molecular formula is C21H18F2N2O3S. The number of ether oxygens (including phenoxy) is 1. The number of hydrogen-bond donors (Lipinski definition) is 1. The number of nitrogens with zero attached hydrogens (tertiary/aromatic N) is 1. The first-order valence-corrected chi connectivity index (χ1v) is 9.75. The molecule has 0 saturated carbocycles. The number of esters is 1. The van der Waals surface area contributed by atoms with Gasteiger partial charge in [-0.05, 0) is 37.1 Å². The van der Waals surface area contributed by atoms with Gasteiger partial charge in [0.25, 0.3) is 5.91 Å². The number of carbonyl (C=O) groups excluding carboxylic acids is 2. The van der Waals surface area contributed by atoms with Crippen LogP contribution in [0.2, 0.25) is 0 Å². The van der Waals surface area contributed by atoms with Gasteiger partial charge < -0.3 is 4.74 Å². The zero-order valence-electron chi connectivity index (χ0n) is 15.5. The molecule has 1 N–H and O–H groups in total. The van der Waals surface area contributed by atoms with Gasteiger partial charge in [-0.1, -0.05) is 30.3 Å². The van der Waals surface area contributed by atoms with E-state index in [1.807, 2.05) is 30.3 Å². The van der Waals surface area contributed by atoms with Crippen molar-refractivity contribution in [1.82, 2.24) is 4.98 Å². The molecule has 0 saturated heterocycles. The summed E-state index contributed by atoms with van der Waals surface area (Å²) in [5.41, 5.74) is 1.80. The van der Waals surface area contributed by atoms with Crippen molar-refractivity contribution in [1.29, 1.82) is 0 Å². The standard InChI is InChI=1S/C21H18F2N2O3S/c1-13(28-19(26)10-7-14-5-3-2-4-6-14)20(27)25-21-24-18(12-29-21)15-8-9-16(22)17(23)11-15/h2-6,8-9,11-13H,7,10H2,1H3,(H,24,25,27)/t13-/m0/s1. The van der Waals surface area contributed by atoms with E-state index >= 15 is 0 Å². The van der Waals surface area contributed by atoms with Crippen molar-refractivity contribution in [3.63, 3.8) is 0 Å². The Morgan fingerprint density at radius 3 is 2.62 bits per heavy atom. The number of rotatable bonds is 7. The third kappa shape index (κ3) is 5.68. The molecule has 2 aromatic carbocycles. The van der Waals surface area contributed by atoms with Crippen molar-refractivity contribution in [3.8, 4) is 11.3 Å².